The Bertz CT molecular complexity index is 830. The molecule has 1 amide bonds. The smallest absolute Gasteiger partial charge is 0.316 e. The Hall–Kier alpha value is -3.15. The lowest BCUT2D eigenvalue weighted by Gasteiger charge is -2.12. The first-order chi connectivity index (χ1) is 11.7. The van der Waals surface area contributed by atoms with Crippen molar-refractivity contribution < 1.29 is 14.1 Å². The third-order valence-electron chi connectivity index (χ3n) is 3.60. The molecule has 0 radical (unpaired) electrons. The number of benzene rings is 2. The largest absolute Gasteiger partial charge is 0.497 e. The molecular weight excluding hydrogens is 306 g/mol. The van der Waals surface area contributed by atoms with Crippen molar-refractivity contribution in [3.8, 4) is 17.1 Å². The predicted molar refractivity (Wildman–Crippen MR) is 88.6 cm³/mol. The van der Waals surface area contributed by atoms with Gasteiger partial charge in [0.15, 0.2) is 0 Å². The fraction of sp³-hybridized carbons (Fsp3) is 0.167. The van der Waals surface area contributed by atoms with E-state index < -0.39 is 5.91 Å². The van der Waals surface area contributed by atoms with Crippen LogP contribution in [0.15, 0.2) is 59.1 Å². The minimum atomic E-state index is -0.409. The molecule has 0 spiro atoms. The zero-order valence-electron chi connectivity index (χ0n) is 13.4. The van der Waals surface area contributed by atoms with E-state index in [1.807, 2.05) is 55.5 Å². The highest BCUT2D eigenvalue weighted by Gasteiger charge is 2.18. The van der Waals surface area contributed by atoms with Crippen molar-refractivity contribution in [3.05, 3.63) is 66.1 Å². The Morgan fingerprint density at radius 1 is 1.17 bits per heavy atom. The van der Waals surface area contributed by atoms with Gasteiger partial charge in [-0.05, 0) is 24.6 Å². The molecule has 3 rings (SSSR count). The van der Waals surface area contributed by atoms with Crippen molar-refractivity contribution in [1.82, 2.24) is 15.5 Å². The minimum Gasteiger partial charge on any atom is -0.497 e. The summed E-state index contributed by atoms with van der Waals surface area (Å²) in [4.78, 5) is 16.4. The summed E-state index contributed by atoms with van der Waals surface area (Å²) in [6.07, 6.45) is 0. The molecule has 122 valence electrons. The van der Waals surface area contributed by atoms with E-state index in [0.717, 1.165) is 5.56 Å². The number of nitrogens with one attached hydrogen (secondary N) is 1. The quantitative estimate of drug-likeness (QED) is 0.780. The fourth-order valence-corrected chi connectivity index (χ4v) is 2.28. The Kier molecular flexibility index (Phi) is 4.56. The Morgan fingerprint density at radius 2 is 1.96 bits per heavy atom. The highest BCUT2D eigenvalue weighted by Crippen LogP contribution is 2.21. The van der Waals surface area contributed by atoms with Crippen LogP contribution in [0.3, 0.4) is 0 Å². The van der Waals surface area contributed by atoms with Crippen LogP contribution < -0.4 is 10.1 Å². The van der Waals surface area contributed by atoms with Gasteiger partial charge in [0.1, 0.15) is 5.75 Å². The van der Waals surface area contributed by atoms with Gasteiger partial charge in [0.2, 0.25) is 5.82 Å². The average Bonchev–Trinajstić information content (AvgIpc) is 3.13. The molecule has 0 aliphatic heterocycles. The zero-order chi connectivity index (χ0) is 16.9. The van der Waals surface area contributed by atoms with E-state index in [1.165, 1.54) is 0 Å². The summed E-state index contributed by atoms with van der Waals surface area (Å²) in [5, 5.41) is 6.70. The molecule has 0 saturated heterocycles. The first-order valence-corrected chi connectivity index (χ1v) is 7.51. The van der Waals surface area contributed by atoms with Gasteiger partial charge in [0, 0.05) is 5.56 Å². The van der Waals surface area contributed by atoms with Crippen LogP contribution in [0, 0.1) is 0 Å². The van der Waals surface area contributed by atoms with Crippen LogP contribution >= 0.6 is 0 Å². The SMILES string of the molecule is COc1cccc(-c2noc(C(=O)N[C@@H](C)c3ccccc3)n2)c1. The van der Waals surface area contributed by atoms with Crippen molar-refractivity contribution in [1.29, 1.82) is 0 Å². The number of ether oxygens (including phenoxy) is 1. The van der Waals surface area contributed by atoms with Crippen molar-refractivity contribution in [2.45, 2.75) is 13.0 Å². The lowest BCUT2D eigenvalue weighted by atomic mass is 10.1. The van der Waals surface area contributed by atoms with Crippen LogP contribution in [0.2, 0.25) is 0 Å². The van der Waals surface area contributed by atoms with Gasteiger partial charge >= 0.3 is 11.8 Å². The fourth-order valence-electron chi connectivity index (χ4n) is 2.28. The van der Waals surface area contributed by atoms with E-state index in [2.05, 4.69) is 15.5 Å². The van der Waals surface area contributed by atoms with E-state index in [1.54, 1.807) is 13.2 Å². The number of hydrogen-bond donors (Lipinski definition) is 1. The normalized spacial score (nSPS) is 11.8. The number of carbonyl (C=O) groups is 1. The maximum absolute atomic E-state index is 12.3. The molecule has 2 aromatic carbocycles. The Balaban J connectivity index is 1.74. The maximum Gasteiger partial charge on any atom is 0.316 e. The lowest BCUT2D eigenvalue weighted by Crippen LogP contribution is -2.26. The van der Waals surface area contributed by atoms with Crippen molar-refractivity contribution >= 4 is 5.91 Å². The summed E-state index contributed by atoms with van der Waals surface area (Å²) in [6.45, 7) is 1.90. The summed E-state index contributed by atoms with van der Waals surface area (Å²) in [5.41, 5.74) is 1.71. The number of amides is 1. The van der Waals surface area contributed by atoms with Crippen LogP contribution in [0.25, 0.3) is 11.4 Å². The number of nitrogens with zero attached hydrogens (tertiary/aromatic N) is 2. The van der Waals surface area contributed by atoms with Crippen LogP contribution in [0.1, 0.15) is 29.2 Å². The highest BCUT2D eigenvalue weighted by atomic mass is 16.5. The second-order valence-corrected chi connectivity index (χ2v) is 5.26. The molecule has 6 nitrogen and oxygen atoms in total. The lowest BCUT2D eigenvalue weighted by molar-refractivity contribution is 0.0895. The van der Waals surface area contributed by atoms with E-state index in [-0.39, 0.29) is 11.9 Å². The molecule has 1 N–H and O–H groups in total. The van der Waals surface area contributed by atoms with Gasteiger partial charge in [0.05, 0.1) is 13.2 Å². The topological polar surface area (TPSA) is 77.2 Å². The summed E-state index contributed by atoms with van der Waals surface area (Å²) in [7, 11) is 1.58. The molecule has 1 aromatic heterocycles. The first kappa shape index (κ1) is 15.7. The number of rotatable bonds is 5. The van der Waals surface area contributed by atoms with Gasteiger partial charge in [-0.15, -0.1) is 0 Å². The molecule has 0 bridgehead atoms. The van der Waals surface area contributed by atoms with E-state index in [4.69, 9.17) is 9.26 Å². The van der Waals surface area contributed by atoms with E-state index in [9.17, 15) is 4.79 Å². The predicted octanol–water partition coefficient (Wildman–Crippen LogP) is 3.24. The average molecular weight is 323 g/mol. The minimum absolute atomic E-state index is 0.0735. The number of hydrogen-bond acceptors (Lipinski definition) is 5. The van der Waals surface area contributed by atoms with Gasteiger partial charge in [-0.1, -0.05) is 47.6 Å². The van der Waals surface area contributed by atoms with Crippen molar-refractivity contribution in [3.63, 3.8) is 0 Å². The van der Waals surface area contributed by atoms with Gasteiger partial charge in [-0.3, -0.25) is 4.79 Å². The first-order valence-electron chi connectivity index (χ1n) is 7.51. The Morgan fingerprint density at radius 3 is 2.71 bits per heavy atom. The van der Waals surface area contributed by atoms with Crippen LogP contribution in [-0.4, -0.2) is 23.2 Å². The molecule has 24 heavy (non-hydrogen) atoms. The molecule has 0 aliphatic carbocycles. The van der Waals surface area contributed by atoms with Crippen molar-refractivity contribution in [2.75, 3.05) is 7.11 Å². The summed E-state index contributed by atoms with van der Waals surface area (Å²) in [5.74, 6) is 0.538. The standard InChI is InChI=1S/C18H17N3O3/c1-12(13-7-4-3-5-8-13)19-17(22)18-20-16(21-24-18)14-9-6-10-15(11-14)23-2/h3-12H,1-2H3,(H,19,22)/t12-/m0/s1. The van der Waals surface area contributed by atoms with Gasteiger partial charge in [-0.2, -0.15) is 4.98 Å². The molecular formula is C18H17N3O3. The maximum atomic E-state index is 12.3. The number of methoxy groups -OCH3 is 1. The number of aromatic nitrogens is 2. The molecule has 0 unspecified atom stereocenters. The van der Waals surface area contributed by atoms with Crippen LogP contribution in [0.4, 0.5) is 0 Å². The molecule has 0 saturated carbocycles. The van der Waals surface area contributed by atoms with Crippen LogP contribution in [-0.2, 0) is 0 Å². The second-order valence-electron chi connectivity index (χ2n) is 5.26. The molecule has 1 heterocycles. The van der Waals surface area contributed by atoms with Gasteiger partial charge < -0.3 is 14.6 Å². The summed E-state index contributed by atoms with van der Waals surface area (Å²) < 4.78 is 10.2. The summed E-state index contributed by atoms with van der Waals surface area (Å²) >= 11 is 0. The van der Waals surface area contributed by atoms with E-state index in [0.29, 0.717) is 17.1 Å². The molecule has 3 aromatic rings. The summed E-state index contributed by atoms with van der Waals surface area (Å²) in [6, 6.07) is 16.7. The third kappa shape index (κ3) is 3.43. The van der Waals surface area contributed by atoms with Gasteiger partial charge in [0.25, 0.3) is 0 Å². The monoisotopic (exact) mass is 323 g/mol. The zero-order valence-corrected chi connectivity index (χ0v) is 13.4. The molecule has 6 heteroatoms. The Labute approximate surface area is 139 Å². The van der Waals surface area contributed by atoms with Crippen molar-refractivity contribution in [2.24, 2.45) is 0 Å². The molecule has 0 aliphatic rings. The third-order valence-corrected chi connectivity index (χ3v) is 3.60. The second kappa shape index (κ2) is 6.95. The van der Waals surface area contributed by atoms with E-state index >= 15 is 0 Å². The molecule has 1 atom stereocenters. The number of carbonyl (C=O) groups excluding carboxylic acids is 1. The highest BCUT2D eigenvalue weighted by molar-refractivity contribution is 5.90. The van der Waals surface area contributed by atoms with Crippen LogP contribution in [0.5, 0.6) is 5.75 Å². The molecule has 0 fully saturated rings. The van der Waals surface area contributed by atoms with Gasteiger partial charge in [-0.25, -0.2) is 0 Å².